The van der Waals surface area contributed by atoms with Crippen molar-refractivity contribution in [2.45, 2.75) is 13.8 Å². The van der Waals surface area contributed by atoms with Gasteiger partial charge in [0.2, 0.25) is 11.8 Å². The van der Waals surface area contributed by atoms with Crippen molar-refractivity contribution >= 4 is 46.7 Å². The van der Waals surface area contributed by atoms with E-state index in [4.69, 9.17) is 23.2 Å². The van der Waals surface area contributed by atoms with Crippen molar-refractivity contribution in [3.05, 3.63) is 28.2 Å². The van der Waals surface area contributed by atoms with Crippen LogP contribution in [0.15, 0.2) is 18.2 Å². The maximum absolute atomic E-state index is 12.0. The molecule has 0 heterocycles. The number of rotatable bonds is 7. The third-order valence-corrected chi connectivity index (χ3v) is 3.61. The molecule has 1 rings (SSSR count). The van der Waals surface area contributed by atoms with Gasteiger partial charge in [-0.2, -0.15) is 0 Å². The van der Waals surface area contributed by atoms with Crippen molar-refractivity contribution in [1.29, 1.82) is 0 Å². The number of halogens is 2. The molecule has 7 nitrogen and oxygen atoms in total. The van der Waals surface area contributed by atoms with Crippen LogP contribution in [0.1, 0.15) is 13.8 Å². The smallest absolute Gasteiger partial charge is 0.321 e. The number of urea groups is 1. The zero-order valence-electron chi connectivity index (χ0n) is 14.4. The van der Waals surface area contributed by atoms with Crippen molar-refractivity contribution in [3.8, 4) is 0 Å². The van der Waals surface area contributed by atoms with Crippen LogP contribution in [0.5, 0.6) is 0 Å². The summed E-state index contributed by atoms with van der Waals surface area (Å²) in [6.07, 6.45) is 0. The van der Waals surface area contributed by atoms with Gasteiger partial charge in [0.1, 0.15) is 0 Å². The molecule has 0 bridgehead atoms. The van der Waals surface area contributed by atoms with Crippen LogP contribution in [-0.4, -0.2) is 49.4 Å². The second-order valence-corrected chi connectivity index (χ2v) is 6.78. The number of hydrogen-bond donors (Lipinski definition) is 3. The maximum atomic E-state index is 12.0. The number of carbonyl (C=O) groups is 3. The number of carbonyl (C=O) groups excluding carboxylic acids is 3. The van der Waals surface area contributed by atoms with Gasteiger partial charge in [0, 0.05) is 6.54 Å². The molecule has 0 unspecified atom stereocenters. The first-order valence-corrected chi connectivity index (χ1v) is 8.44. The first kappa shape index (κ1) is 21.2. The van der Waals surface area contributed by atoms with E-state index < -0.39 is 11.9 Å². The highest BCUT2D eigenvalue weighted by Crippen LogP contribution is 2.29. The van der Waals surface area contributed by atoms with Gasteiger partial charge in [-0.25, -0.2) is 4.79 Å². The number of nitrogens with zero attached hydrogens (tertiary/aromatic N) is 1. The lowest BCUT2D eigenvalue weighted by Crippen LogP contribution is -2.45. The number of para-hydroxylation sites is 1. The Bertz CT molecular complexity index is 618. The van der Waals surface area contributed by atoms with Crippen molar-refractivity contribution < 1.29 is 14.4 Å². The molecular formula is C16H22Cl2N4O3. The lowest BCUT2D eigenvalue weighted by Gasteiger charge is -2.16. The first-order chi connectivity index (χ1) is 11.7. The van der Waals surface area contributed by atoms with E-state index >= 15 is 0 Å². The summed E-state index contributed by atoms with van der Waals surface area (Å²) >= 11 is 12.0. The molecule has 0 aliphatic carbocycles. The lowest BCUT2D eigenvalue weighted by atomic mass is 10.2. The molecule has 0 aromatic heterocycles. The number of nitrogens with one attached hydrogen (secondary N) is 3. The van der Waals surface area contributed by atoms with Crippen molar-refractivity contribution in [2.75, 3.05) is 32.0 Å². The van der Waals surface area contributed by atoms with Gasteiger partial charge in [0.15, 0.2) is 0 Å². The van der Waals surface area contributed by atoms with Gasteiger partial charge >= 0.3 is 6.03 Å². The summed E-state index contributed by atoms with van der Waals surface area (Å²) in [7, 11) is 1.58. The zero-order valence-corrected chi connectivity index (χ0v) is 15.9. The third-order valence-electron chi connectivity index (χ3n) is 2.98. The van der Waals surface area contributed by atoms with E-state index in [-0.39, 0.29) is 24.9 Å². The predicted molar refractivity (Wildman–Crippen MR) is 99.0 cm³/mol. The number of likely N-dealkylation sites (N-methyl/N-ethyl adjacent to an activating group) is 1. The molecule has 0 saturated carbocycles. The average molecular weight is 389 g/mol. The Labute approximate surface area is 157 Å². The molecule has 1 aromatic rings. The number of imide groups is 1. The average Bonchev–Trinajstić information content (AvgIpc) is 2.48. The minimum atomic E-state index is -0.556. The summed E-state index contributed by atoms with van der Waals surface area (Å²) in [5.41, 5.74) is 0.321. The minimum absolute atomic E-state index is 0.0669. The highest BCUT2D eigenvalue weighted by Gasteiger charge is 2.15. The minimum Gasteiger partial charge on any atom is -0.338 e. The molecule has 4 amide bonds. The van der Waals surface area contributed by atoms with Crippen LogP contribution in [-0.2, 0) is 9.59 Å². The second-order valence-electron chi connectivity index (χ2n) is 5.97. The Morgan fingerprint density at radius 1 is 1.08 bits per heavy atom. The predicted octanol–water partition coefficient (Wildman–Crippen LogP) is 2.35. The molecule has 3 N–H and O–H groups in total. The highest BCUT2D eigenvalue weighted by molar-refractivity contribution is 6.39. The number of anilines is 1. The topological polar surface area (TPSA) is 90.5 Å². The molecule has 25 heavy (non-hydrogen) atoms. The molecule has 1 aromatic carbocycles. The standard InChI is InChI=1S/C16H22Cl2N4O3/c1-10(2)7-19-16(25)21-14(24)9-22(3)8-13(23)20-15-11(17)5-4-6-12(15)18/h4-6,10H,7-9H2,1-3H3,(H,20,23)(H2,19,21,24,25). The fraction of sp³-hybridized carbons (Fsp3) is 0.438. The number of benzene rings is 1. The molecule has 0 spiro atoms. The molecule has 0 aliphatic rings. The van der Waals surface area contributed by atoms with Crippen LogP contribution in [0, 0.1) is 5.92 Å². The maximum Gasteiger partial charge on any atom is 0.321 e. The Hall–Kier alpha value is -1.83. The molecule has 0 radical (unpaired) electrons. The number of amides is 4. The van der Waals surface area contributed by atoms with Crippen LogP contribution in [0.4, 0.5) is 10.5 Å². The van der Waals surface area contributed by atoms with Crippen LogP contribution in [0.3, 0.4) is 0 Å². The molecule has 0 fully saturated rings. The largest absolute Gasteiger partial charge is 0.338 e. The Morgan fingerprint density at radius 3 is 2.20 bits per heavy atom. The van der Waals surface area contributed by atoms with E-state index in [1.54, 1.807) is 25.2 Å². The Morgan fingerprint density at radius 2 is 1.64 bits per heavy atom. The van der Waals surface area contributed by atoms with Crippen LogP contribution in [0.25, 0.3) is 0 Å². The van der Waals surface area contributed by atoms with E-state index in [9.17, 15) is 14.4 Å². The van der Waals surface area contributed by atoms with Crippen LogP contribution < -0.4 is 16.0 Å². The van der Waals surface area contributed by atoms with E-state index in [1.165, 1.54) is 4.90 Å². The zero-order chi connectivity index (χ0) is 19.0. The second kappa shape index (κ2) is 10.2. The molecule has 9 heteroatoms. The SMILES string of the molecule is CC(C)CNC(=O)NC(=O)CN(C)CC(=O)Nc1c(Cl)cccc1Cl. The summed E-state index contributed by atoms with van der Waals surface area (Å²) in [6.45, 7) is 4.18. The van der Waals surface area contributed by atoms with Gasteiger partial charge in [-0.3, -0.25) is 19.8 Å². The summed E-state index contributed by atoms with van der Waals surface area (Å²) in [4.78, 5) is 36.8. The van der Waals surface area contributed by atoms with Crippen molar-refractivity contribution in [2.24, 2.45) is 5.92 Å². The summed E-state index contributed by atoms with van der Waals surface area (Å²) in [5.74, 6) is -0.606. The van der Waals surface area contributed by atoms with E-state index in [2.05, 4.69) is 16.0 Å². The molecule has 0 saturated heterocycles. The fourth-order valence-corrected chi connectivity index (χ4v) is 2.34. The van der Waals surface area contributed by atoms with Crippen LogP contribution in [0.2, 0.25) is 10.0 Å². The molecular weight excluding hydrogens is 367 g/mol. The normalized spacial score (nSPS) is 10.7. The van der Waals surface area contributed by atoms with Crippen LogP contribution >= 0.6 is 23.2 Å². The van der Waals surface area contributed by atoms with Gasteiger partial charge in [-0.15, -0.1) is 0 Å². The lowest BCUT2D eigenvalue weighted by molar-refractivity contribution is -0.122. The molecule has 0 aliphatic heterocycles. The monoisotopic (exact) mass is 388 g/mol. The van der Waals surface area contributed by atoms with E-state index in [0.29, 0.717) is 22.3 Å². The van der Waals surface area contributed by atoms with Gasteiger partial charge in [0.05, 0.1) is 28.8 Å². The summed E-state index contributed by atoms with van der Waals surface area (Å²) in [5, 5.41) is 8.02. The first-order valence-electron chi connectivity index (χ1n) is 7.69. The fourth-order valence-electron chi connectivity index (χ4n) is 1.85. The van der Waals surface area contributed by atoms with Crippen molar-refractivity contribution in [3.63, 3.8) is 0 Å². The van der Waals surface area contributed by atoms with Gasteiger partial charge in [-0.05, 0) is 25.1 Å². The quantitative estimate of drug-likeness (QED) is 0.668. The highest BCUT2D eigenvalue weighted by atomic mass is 35.5. The number of hydrogen-bond acceptors (Lipinski definition) is 4. The summed E-state index contributed by atoms with van der Waals surface area (Å²) < 4.78 is 0. The van der Waals surface area contributed by atoms with Crippen molar-refractivity contribution in [1.82, 2.24) is 15.5 Å². The molecule has 138 valence electrons. The third kappa shape index (κ3) is 8.20. The van der Waals surface area contributed by atoms with Gasteiger partial charge in [-0.1, -0.05) is 43.1 Å². The summed E-state index contributed by atoms with van der Waals surface area (Å²) in [6, 6.07) is 4.33. The molecule has 0 atom stereocenters. The van der Waals surface area contributed by atoms with Gasteiger partial charge < -0.3 is 10.6 Å². The van der Waals surface area contributed by atoms with E-state index in [1.807, 2.05) is 13.8 Å². The van der Waals surface area contributed by atoms with E-state index in [0.717, 1.165) is 0 Å². The van der Waals surface area contributed by atoms with Gasteiger partial charge in [0.25, 0.3) is 0 Å². The Kier molecular flexibility index (Phi) is 8.68. The Balaban J connectivity index is 2.42.